The van der Waals surface area contributed by atoms with Gasteiger partial charge in [0.25, 0.3) is 0 Å². The molecule has 1 saturated heterocycles. The number of thiophene rings is 1. The van der Waals surface area contributed by atoms with Gasteiger partial charge in [0.2, 0.25) is 5.95 Å². The van der Waals surface area contributed by atoms with E-state index < -0.39 is 0 Å². The number of halogens is 2. The molecule has 3 heterocycles. The fraction of sp³-hybridized carbons (Fsp3) is 0.538. The van der Waals surface area contributed by atoms with Crippen LogP contribution in [0.1, 0.15) is 12.8 Å². The maximum atomic E-state index is 6.15. The minimum absolute atomic E-state index is 0.635. The minimum Gasteiger partial charge on any atom is -0.340 e. The van der Waals surface area contributed by atoms with Crippen molar-refractivity contribution in [3.63, 3.8) is 0 Å². The van der Waals surface area contributed by atoms with Gasteiger partial charge in [0.15, 0.2) is 5.82 Å². The minimum atomic E-state index is 0.635. The van der Waals surface area contributed by atoms with Crippen LogP contribution in [0.3, 0.4) is 0 Å². The van der Waals surface area contributed by atoms with E-state index in [0.717, 1.165) is 49.9 Å². The Morgan fingerprint density at radius 2 is 2.19 bits per heavy atom. The first-order valence-electron chi connectivity index (χ1n) is 6.94. The van der Waals surface area contributed by atoms with Crippen LogP contribution in [0.2, 0.25) is 8.67 Å². The Hall–Kier alpha value is -0.820. The zero-order chi connectivity index (χ0) is 14.8. The van der Waals surface area contributed by atoms with Crippen LogP contribution in [0.4, 0.5) is 5.95 Å². The van der Waals surface area contributed by atoms with Gasteiger partial charge in [0.1, 0.15) is 4.34 Å². The number of H-pyrrole nitrogens is 1. The maximum absolute atomic E-state index is 6.15. The zero-order valence-corrected chi connectivity index (χ0v) is 14.0. The number of hydrogen-bond acceptors (Lipinski definition) is 5. The van der Waals surface area contributed by atoms with Gasteiger partial charge in [-0.15, -0.1) is 16.4 Å². The molecule has 2 aromatic rings. The summed E-state index contributed by atoms with van der Waals surface area (Å²) in [6, 6.07) is 1.82. The Morgan fingerprint density at radius 3 is 2.81 bits per heavy atom. The summed E-state index contributed by atoms with van der Waals surface area (Å²) in [4.78, 5) is 6.77. The lowest BCUT2D eigenvalue weighted by molar-refractivity contribution is 0.391. The number of hydrogen-bond donors (Lipinski definition) is 2. The molecule has 2 aromatic heterocycles. The van der Waals surface area contributed by atoms with Crippen molar-refractivity contribution in [1.29, 1.82) is 0 Å². The van der Waals surface area contributed by atoms with Crippen LogP contribution in [-0.2, 0) is 0 Å². The monoisotopic (exact) mass is 345 g/mol. The van der Waals surface area contributed by atoms with Crippen molar-refractivity contribution in [3.8, 4) is 11.4 Å². The highest BCUT2D eigenvalue weighted by Crippen LogP contribution is 2.37. The molecule has 114 valence electrons. The molecular weight excluding hydrogens is 329 g/mol. The van der Waals surface area contributed by atoms with Gasteiger partial charge in [0.05, 0.1) is 4.34 Å². The second-order valence-electron chi connectivity index (χ2n) is 5.21. The van der Waals surface area contributed by atoms with Crippen LogP contribution in [-0.4, -0.2) is 41.9 Å². The molecule has 21 heavy (non-hydrogen) atoms. The molecule has 0 unspecified atom stereocenters. The van der Waals surface area contributed by atoms with Gasteiger partial charge in [0, 0.05) is 18.7 Å². The van der Waals surface area contributed by atoms with Crippen LogP contribution in [0.15, 0.2) is 6.07 Å². The van der Waals surface area contributed by atoms with Crippen molar-refractivity contribution >= 4 is 40.5 Å². The summed E-state index contributed by atoms with van der Waals surface area (Å²) < 4.78 is 1.29. The number of piperidine rings is 1. The molecule has 0 aliphatic carbocycles. The predicted octanol–water partition coefficient (Wildman–Crippen LogP) is 3.28. The molecule has 0 radical (unpaired) electrons. The first-order valence-corrected chi connectivity index (χ1v) is 8.51. The van der Waals surface area contributed by atoms with Crippen molar-refractivity contribution in [1.82, 2.24) is 20.5 Å². The number of nitrogens with one attached hydrogen (secondary N) is 2. The number of aromatic nitrogens is 3. The van der Waals surface area contributed by atoms with Crippen LogP contribution >= 0.6 is 34.5 Å². The third-order valence-corrected chi connectivity index (χ3v) is 5.26. The Bertz CT molecular complexity index is 603. The molecule has 5 nitrogen and oxygen atoms in total. The van der Waals surface area contributed by atoms with Crippen molar-refractivity contribution in [2.45, 2.75) is 12.8 Å². The Balaban J connectivity index is 1.70. The van der Waals surface area contributed by atoms with Crippen molar-refractivity contribution < 1.29 is 0 Å². The summed E-state index contributed by atoms with van der Waals surface area (Å²) in [7, 11) is 2.00. The van der Waals surface area contributed by atoms with Gasteiger partial charge in [-0.25, -0.2) is 0 Å². The quantitative estimate of drug-likeness (QED) is 0.892. The summed E-state index contributed by atoms with van der Waals surface area (Å²) in [5, 5.41) is 10.5. The number of rotatable bonds is 4. The van der Waals surface area contributed by atoms with Crippen LogP contribution in [0, 0.1) is 5.92 Å². The molecule has 0 aromatic carbocycles. The van der Waals surface area contributed by atoms with E-state index in [1.165, 1.54) is 11.3 Å². The molecule has 1 aliphatic rings. The molecular formula is C13H17Cl2N5S. The molecule has 0 saturated carbocycles. The third-order valence-electron chi connectivity index (χ3n) is 3.78. The average molecular weight is 346 g/mol. The fourth-order valence-corrected chi connectivity index (χ4v) is 4.11. The van der Waals surface area contributed by atoms with E-state index >= 15 is 0 Å². The Morgan fingerprint density at radius 1 is 1.43 bits per heavy atom. The largest absolute Gasteiger partial charge is 0.340 e. The average Bonchev–Trinajstić information content (AvgIpc) is 3.06. The van der Waals surface area contributed by atoms with Gasteiger partial charge in [-0.2, -0.15) is 4.98 Å². The Kier molecular flexibility index (Phi) is 4.69. The van der Waals surface area contributed by atoms with E-state index in [-0.39, 0.29) is 0 Å². The number of aromatic amines is 1. The summed E-state index contributed by atoms with van der Waals surface area (Å²) >= 11 is 13.5. The van der Waals surface area contributed by atoms with Crippen LogP contribution < -0.4 is 10.2 Å². The number of nitrogens with zero attached hydrogens (tertiary/aromatic N) is 3. The lowest BCUT2D eigenvalue weighted by Crippen LogP contribution is -2.37. The SMILES string of the molecule is CNCC1CCN(c2n[nH]c(-c3cc(Cl)sc3Cl)n2)CC1. The normalized spacial score (nSPS) is 16.6. The summed E-state index contributed by atoms with van der Waals surface area (Å²) in [5.74, 6) is 2.16. The van der Waals surface area contributed by atoms with E-state index in [9.17, 15) is 0 Å². The first-order chi connectivity index (χ1) is 10.2. The lowest BCUT2D eigenvalue weighted by Gasteiger charge is -2.30. The van der Waals surface area contributed by atoms with Gasteiger partial charge < -0.3 is 10.2 Å². The van der Waals surface area contributed by atoms with E-state index in [4.69, 9.17) is 23.2 Å². The topological polar surface area (TPSA) is 56.8 Å². The third kappa shape index (κ3) is 3.34. The molecule has 0 bridgehead atoms. The molecule has 2 N–H and O–H groups in total. The maximum Gasteiger partial charge on any atom is 0.245 e. The second-order valence-corrected chi connectivity index (χ2v) is 7.50. The lowest BCUT2D eigenvalue weighted by atomic mass is 9.97. The van der Waals surface area contributed by atoms with Crippen LogP contribution in [0.5, 0.6) is 0 Å². The molecule has 0 amide bonds. The number of anilines is 1. The molecule has 0 atom stereocenters. The zero-order valence-electron chi connectivity index (χ0n) is 11.7. The summed E-state index contributed by atoms with van der Waals surface area (Å²) in [6.07, 6.45) is 2.32. The van der Waals surface area contributed by atoms with E-state index in [1.54, 1.807) is 0 Å². The van der Waals surface area contributed by atoms with E-state index in [1.807, 2.05) is 13.1 Å². The molecule has 1 aliphatic heterocycles. The van der Waals surface area contributed by atoms with Gasteiger partial charge in [-0.3, -0.25) is 5.10 Å². The highest BCUT2D eigenvalue weighted by atomic mass is 35.5. The molecule has 8 heteroatoms. The van der Waals surface area contributed by atoms with Crippen LogP contribution in [0.25, 0.3) is 11.4 Å². The predicted molar refractivity (Wildman–Crippen MR) is 88.6 cm³/mol. The van der Waals surface area contributed by atoms with Gasteiger partial charge in [-0.05, 0) is 38.4 Å². The second kappa shape index (κ2) is 6.52. The fourth-order valence-electron chi connectivity index (χ4n) is 2.64. The van der Waals surface area contributed by atoms with Crippen molar-refractivity contribution in [3.05, 3.63) is 14.7 Å². The Labute approximate surface area is 137 Å². The molecule has 1 fully saturated rings. The first kappa shape index (κ1) is 15.1. The highest BCUT2D eigenvalue weighted by molar-refractivity contribution is 7.20. The standard InChI is InChI=1S/C13H17Cl2N5S/c1-16-7-8-2-4-20(5-3-8)13-17-12(18-19-13)9-6-10(14)21-11(9)15/h6,8,16H,2-5,7H2,1H3,(H,17,18,19). The van der Waals surface area contributed by atoms with Crippen molar-refractivity contribution in [2.24, 2.45) is 5.92 Å². The van der Waals surface area contributed by atoms with E-state index in [0.29, 0.717) is 14.5 Å². The highest BCUT2D eigenvalue weighted by Gasteiger charge is 2.22. The van der Waals surface area contributed by atoms with Crippen molar-refractivity contribution in [2.75, 3.05) is 31.6 Å². The summed E-state index contributed by atoms with van der Waals surface area (Å²) in [5.41, 5.74) is 0.815. The molecule has 0 spiro atoms. The van der Waals surface area contributed by atoms with Gasteiger partial charge in [-0.1, -0.05) is 23.2 Å². The summed E-state index contributed by atoms with van der Waals surface area (Å²) in [6.45, 7) is 3.06. The van der Waals surface area contributed by atoms with E-state index in [2.05, 4.69) is 25.4 Å². The van der Waals surface area contributed by atoms with Gasteiger partial charge >= 0.3 is 0 Å². The smallest absolute Gasteiger partial charge is 0.245 e. The molecule has 3 rings (SSSR count).